The van der Waals surface area contributed by atoms with Gasteiger partial charge in [-0.05, 0) is 51.5 Å². The van der Waals surface area contributed by atoms with E-state index in [2.05, 4.69) is 5.32 Å². The molecule has 130 valence electrons. The number of anilines is 1. The molecule has 1 heterocycles. The molecule has 0 aliphatic carbocycles. The minimum Gasteiger partial charge on any atom is -0.347 e. The first kappa shape index (κ1) is 18.5. The lowest BCUT2D eigenvalue weighted by atomic mass is 10.1. The van der Waals surface area contributed by atoms with Crippen LogP contribution in [0.25, 0.3) is 0 Å². The van der Waals surface area contributed by atoms with Gasteiger partial charge in [0.2, 0.25) is 0 Å². The number of thiophene rings is 1. The van der Waals surface area contributed by atoms with Crippen molar-refractivity contribution in [2.45, 2.75) is 38.1 Å². The fourth-order valence-corrected chi connectivity index (χ4v) is 4.44. The average Bonchev–Trinajstić information content (AvgIpc) is 2.95. The van der Waals surface area contributed by atoms with Gasteiger partial charge in [-0.1, -0.05) is 12.1 Å². The van der Waals surface area contributed by atoms with Crippen LogP contribution in [0.15, 0.2) is 40.6 Å². The van der Waals surface area contributed by atoms with Crippen molar-refractivity contribution >= 4 is 33.0 Å². The van der Waals surface area contributed by atoms with Crippen LogP contribution in [0.5, 0.6) is 0 Å². The highest BCUT2D eigenvalue weighted by molar-refractivity contribution is 7.93. The Labute approximate surface area is 147 Å². The van der Waals surface area contributed by atoms with E-state index in [0.717, 1.165) is 16.9 Å². The lowest BCUT2D eigenvalue weighted by Crippen LogP contribution is -2.40. The SMILES string of the molecule is Cc1cccc(N(C)S(=O)(=O)c2csc(C(=O)NC(C)(C)C)c2)c1. The minimum atomic E-state index is -3.70. The predicted octanol–water partition coefficient (Wildman–Crippen LogP) is 3.41. The summed E-state index contributed by atoms with van der Waals surface area (Å²) in [6, 6.07) is 8.69. The largest absolute Gasteiger partial charge is 0.347 e. The van der Waals surface area contributed by atoms with E-state index in [4.69, 9.17) is 0 Å². The summed E-state index contributed by atoms with van der Waals surface area (Å²) in [6.07, 6.45) is 0. The fourth-order valence-electron chi connectivity index (χ4n) is 2.10. The third-order valence-corrected chi connectivity index (χ3v) is 6.15. The first-order valence-corrected chi connectivity index (χ1v) is 9.79. The Morgan fingerprint density at radius 2 is 1.88 bits per heavy atom. The van der Waals surface area contributed by atoms with Crippen LogP contribution in [0, 0.1) is 6.92 Å². The van der Waals surface area contributed by atoms with Crippen LogP contribution in [0.2, 0.25) is 0 Å². The summed E-state index contributed by atoms with van der Waals surface area (Å²) < 4.78 is 26.8. The van der Waals surface area contributed by atoms with Gasteiger partial charge in [0.05, 0.1) is 15.5 Å². The van der Waals surface area contributed by atoms with Crippen molar-refractivity contribution in [1.29, 1.82) is 0 Å². The summed E-state index contributed by atoms with van der Waals surface area (Å²) >= 11 is 1.12. The highest BCUT2D eigenvalue weighted by atomic mass is 32.2. The minimum absolute atomic E-state index is 0.121. The van der Waals surface area contributed by atoms with Gasteiger partial charge in [-0.25, -0.2) is 8.42 Å². The molecule has 5 nitrogen and oxygen atoms in total. The summed E-state index contributed by atoms with van der Waals surface area (Å²) in [5.74, 6) is -0.271. The molecule has 0 fully saturated rings. The summed E-state index contributed by atoms with van der Waals surface area (Å²) in [5.41, 5.74) is 1.19. The summed E-state index contributed by atoms with van der Waals surface area (Å²) in [4.78, 5) is 12.7. The van der Waals surface area contributed by atoms with Gasteiger partial charge >= 0.3 is 0 Å². The summed E-state index contributed by atoms with van der Waals surface area (Å²) in [5, 5.41) is 4.33. The Morgan fingerprint density at radius 1 is 1.21 bits per heavy atom. The van der Waals surface area contributed by atoms with Crippen LogP contribution in [-0.2, 0) is 10.0 Å². The smallest absolute Gasteiger partial charge is 0.264 e. The molecule has 1 aromatic carbocycles. The maximum atomic E-state index is 12.8. The highest BCUT2D eigenvalue weighted by Gasteiger charge is 2.25. The number of hydrogen-bond donors (Lipinski definition) is 1. The zero-order valence-electron chi connectivity index (χ0n) is 14.5. The fraction of sp³-hybridized carbons (Fsp3) is 0.353. The number of hydrogen-bond acceptors (Lipinski definition) is 4. The molecule has 0 radical (unpaired) electrons. The second-order valence-corrected chi connectivity index (χ2v) is 9.54. The Balaban J connectivity index is 2.29. The molecule has 0 bridgehead atoms. The normalized spacial score (nSPS) is 12.0. The van der Waals surface area contributed by atoms with Crippen molar-refractivity contribution in [1.82, 2.24) is 5.32 Å². The maximum absolute atomic E-state index is 12.8. The van der Waals surface area contributed by atoms with E-state index in [0.29, 0.717) is 10.6 Å². The van der Waals surface area contributed by atoms with E-state index >= 15 is 0 Å². The molecule has 0 aliphatic heterocycles. The van der Waals surface area contributed by atoms with Gasteiger partial charge in [0.15, 0.2) is 0 Å². The zero-order valence-corrected chi connectivity index (χ0v) is 16.1. The molecular weight excluding hydrogens is 344 g/mol. The summed E-state index contributed by atoms with van der Waals surface area (Å²) in [7, 11) is -2.19. The van der Waals surface area contributed by atoms with Crippen LogP contribution in [0.4, 0.5) is 5.69 Å². The van der Waals surface area contributed by atoms with E-state index in [1.165, 1.54) is 22.8 Å². The maximum Gasteiger partial charge on any atom is 0.264 e. The van der Waals surface area contributed by atoms with Crippen molar-refractivity contribution in [2.24, 2.45) is 0 Å². The van der Waals surface area contributed by atoms with Crippen molar-refractivity contribution in [3.05, 3.63) is 46.2 Å². The average molecular weight is 367 g/mol. The lowest BCUT2D eigenvalue weighted by Gasteiger charge is -2.20. The van der Waals surface area contributed by atoms with Gasteiger partial charge in [0, 0.05) is 18.0 Å². The Hall–Kier alpha value is -1.86. The number of nitrogens with one attached hydrogen (secondary N) is 1. The van der Waals surface area contributed by atoms with Crippen molar-refractivity contribution in [3.8, 4) is 0 Å². The monoisotopic (exact) mass is 366 g/mol. The topological polar surface area (TPSA) is 66.5 Å². The lowest BCUT2D eigenvalue weighted by molar-refractivity contribution is 0.0923. The van der Waals surface area contributed by atoms with Gasteiger partial charge in [0.25, 0.3) is 15.9 Å². The Bertz CT molecular complexity index is 849. The number of benzene rings is 1. The number of nitrogens with zero attached hydrogens (tertiary/aromatic N) is 1. The van der Waals surface area contributed by atoms with Crippen LogP contribution in [-0.4, -0.2) is 26.9 Å². The molecule has 0 saturated carbocycles. The predicted molar refractivity (Wildman–Crippen MR) is 98.3 cm³/mol. The molecule has 0 spiro atoms. The van der Waals surface area contributed by atoms with Gasteiger partial charge < -0.3 is 5.32 Å². The van der Waals surface area contributed by atoms with Gasteiger partial charge in [-0.15, -0.1) is 11.3 Å². The second kappa shape index (κ2) is 6.57. The van der Waals surface area contributed by atoms with Crippen molar-refractivity contribution < 1.29 is 13.2 Å². The second-order valence-electron chi connectivity index (χ2n) is 6.66. The molecule has 2 aromatic rings. The third kappa shape index (κ3) is 4.15. The molecule has 0 atom stereocenters. The Kier molecular flexibility index (Phi) is 5.05. The molecule has 1 amide bonds. The van der Waals surface area contributed by atoms with E-state index in [9.17, 15) is 13.2 Å². The van der Waals surface area contributed by atoms with Gasteiger partial charge in [-0.2, -0.15) is 0 Å². The molecule has 7 heteroatoms. The number of carbonyl (C=O) groups is 1. The van der Waals surface area contributed by atoms with Crippen LogP contribution >= 0.6 is 11.3 Å². The zero-order chi connectivity index (χ0) is 18.1. The molecule has 24 heavy (non-hydrogen) atoms. The number of aryl methyl sites for hydroxylation is 1. The molecule has 2 rings (SSSR count). The quantitative estimate of drug-likeness (QED) is 0.902. The first-order chi connectivity index (χ1) is 11.0. The van der Waals surface area contributed by atoms with E-state index in [1.807, 2.05) is 39.8 Å². The molecule has 1 N–H and O–H groups in total. The molecule has 0 aliphatic rings. The highest BCUT2D eigenvalue weighted by Crippen LogP contribution is 2.26. The van der Waals surface area contributed by atoms with Crippen molar-refractivity contribution in [2.75, 3.05) is 11.4 Å². The van der Waals surface area contributed by atoms with Crippen molar-refractivity contribution in [3.63, 3.8) is 0 Å². The van der Waals surface area contributed by atoms with E-state index in [-0.39, 0.29) is 16.3 Å². The van der Waals surface area contributed by atoms with E-state index in [1.54, 1.807) is 12.1 Å². The third-order valence-electron chi connectivity index (χ3n) is 3.31. The van der Waals surface area contributed by atoms with Gasteiger partial charge in [0.1, 0.15) is 0 Å². The van der Waals surface area contributed by atoms with Gasteiger partial charge in [-0.3, -0.25) is 9.10 Å². The molecule has 0 unspecified atom stereocenters. The number of sulfonamides is 1. The molecular formula is C17H22N2O3S2. The number of amides is 1. The van der Waals surface area contributed by atoms with E-state index < -0.39 is 10.0 Å². The first-order valence-electron chi connectivity index (χ1n) is 7.47. The van der Waals surface area contributed by atoms with Crippen LogP contribution < -0.4 is 9.62 Å². The Morgan fingerprint density at radius 3 is 2.46 bits per heavy atom. The number of rotatable bonds is 4. The molecule has 1 aromatic heterocycles. The van der Waals surface area contributed by atoms with Crippen LogP contribution in [0.3, 0.4) is 0 Å². The number of carbonyl (C=O) groups excluding carboxylic acids is 1. The van der Waals surface area contributed by atoms with Crippen LogP contribution in [0.1, 0.15) is 36.0 Å². The standard InChI is InChI=1S/C17H22N2O3S2/c1-12-7-6-8-13(9-12)19(5)24(21,22)14-10-15(23-11-14)16(20)18-17(2,3)4/h6-11H,1-5H3,(H,18,20). The summed E-state index contributed by atoms with van der Waals surface area (Å²) in [6.45, 7) is 7.54. The molecule has 0 saturated heterocycles.